The molecule has 0 fully saturated rings. The summed E-state index contributed by atoms with van der Waals surface area (Å²) in [6.07, 6.45) is 0.856. The zero-order valence-electron chi connectivity index (χ0n) is 18.1. The van der Waals surface area contributed by atoms with E-state index in [9.17, 15) is 4.79 Å². The van der Waals surface area contributed by atoms with Gasteiger partial charge in [-0.05, 0) is 51.3 Å². The molecule has 0 aliphatic carbocycles. The van der Waals surface area contributed by atoms with Gasteiger partial charge in [-0.2, -0.15) is 0 Å². The first-order valence-corrected chi connectivity index (χ1v) is 11.9. The number of fused-ring (bicyclic) bond motifs is 1. The molecule has 1 atom stereocenters. The Balaban J connectivity index is 1.71. The molecule has 4 nitrogen and oxygen atoms in total. The molecule has 1 amide bonds. The van der Waals surface area contributed by atoms with Crippen molar-refractivity contribution in [3.8, 4) is 0 Å². The lowest BCUT2D eigenvalue weighted by atomic mass is 9.65. The van der Waals surface area contributed by atoms with Crippen molar-refractivity contribution in [3.05, 3.63) is 70.2 Å². The summed E-state index contributed by atoms with van der Waals surface area (Å²) >= 11 is 3.00. The number of aromatic nitrogens is 2. The van der Waals surface area contributed by atoms with Crippen molar-refractivity contribution in [3.63, 3.8) is 0 Å². The number of thioether (sulfide) groups is 1. The lowest BCUT2D eigenvalue weighted by Crippen LogP contribution is -2.56. The van der Waals surface area contributed by atoms with Crippen LogP contribution < -0.4 is 4.90 Å². The second kappa shape index (κ2) is 7.82. The second-order valence-corrected chi connectivity index (χ2v) is 11.2. The summed E-state index contributed by atoms with van der Waals surface area (Å²) in [6.45, 7) is 10.7. The predicted octanol–water partition coefficient (Wildman–Crippen LogP) is 5.77. The van der Waals surface area contributed by atoms with Crippen LogP contribution in [0.2, 0.25) is 0 Å². The summed E-state index contributed by atoms with van der Waals surface area (Å²) in [4.78, 5) is 15.4. The fourth-order valence-corrected chi connectivity index (χ4v) is 6.34. The molecular weight excluding hydrogens is 410 g/mol. The van der Waals surface area contributed by atoms with Gasteiger partial charge in [-0.15, -0.1) is 10.2 Å². The van der Waals surface area contributed by atoms with Crippen LogP contribution in [0.3, 0.4) is 0 Å². The van der Waals surface area contributed by atoms with Crippen molar-refractivity contribution in [1.29, 1.82) is 0 Å². The minimum absolute atomic E-state index is 0.108. The number of nitrogens with zero attached hydrogens (tertiary/aromatic N) is 3. The molecule has 0 radical (unpaired) electrons. The Kier molecular flexibility index (Phi) is 5.49. The van der Waals surface area contributed by atoms with E-state index in [2.05, 4.69) is 80.4 Å². The van der Waals surface area contributed by atoms with Crippen LogP contribution in [0.15, 0.2) is 52.9 Å². The van der Waals surface area contributed by atoms with Gasteiger partial charge in [0.2, 0.25) is 5.91 Å². The van der Waals surface area contributed by atoms with Crippen LogP contribution in [0.25, 0.3) is 0 Å². The normalized spacial score (nSPS) is 20.1. The Bertz CT molecular complexity index is 1070. The smallest absolute Gasteiger partial charge is 0.237 e. The first-order valence-electron chi connectivity index (χ1n) is 10.1. The van der Waals surface area contributed by atoms with E-state index in [0.29, 0.717) is 5.75 Å². The Morgan fingerprint density at radius 1 is 1.07 bits per heavy atom. The van der Waals surface area contributed by atoms with Crippen molar-refractivity contribution < 1.29 is 4.79 Å². The SMILES string of the molecule is Cc1ccc([C@]2(C)CC(C)(C)N(C(=O)CSc3nnc(C)s3)c3ccccc32)cc1. The number of aryl methyl sites for hydroxylation is 2. The van der Waals surface area contributed by atoms with E-state index in [-0.39, 0.29) is 16.9 Å². The van der Waals surface area contributed by atoms with Crippen LogP contribution in [0.4, 0.5) is 5.69 Å². The van der Waals surface area contributed by atoms with Gasteiger partial charge in [-0.3, -0.25) is 4.79 Å². The van der Waals surface area contributed by atoms with E-state index in [4.69, 9.17) is 0 Å². The fourth-order valence-electron chi connectivity index (χ4n) is 4.68. The van der Waals surface area contributed by atoms with Gasteiger partial charge >= 0.3 is 0 Å². The molecule has 2 aromatic carbocycles. The molecule has 4 rings (SSSR count). The number of amides is 1. The topological polar surface area (TPSA) is 46.1 Å². The van der Waals surface area contributed by atoms with Gasteiger partial charge in [-0.25, -0.2) is 0 Å². The average Bonchev–Trinajstić information content (AvgIpc) is 3.11. The summed E-state index contributed by atoms with van der Waals surface area (Å²) in [5, 5.41) is 9.12. The van der Waals surface area contributed by atoms with Crippen LogP contribution in [-0.4, -0.2) is 27.4 Å². The highest BCUT2D eigenvalue weighted by Gasteiger charge is 2.47. The molecule has 0 spiro atoms. The van der Waals surface area contributed by atoms with Gasteiger partial charge in [0.15, 0.2) is 4.34 Å². The number of carbonyl (C=O) groups excluding carboxylic acids is 1. The van der Waals surface area contributed by atoms with Gasteiger partial charge < -0.3 is 4.90 Å². The van der Waals surface area contributed by atoms with Gasteiger partial charge in [0, 0.05) is 16.6 Å². The summed E-state index contributed by atoms with van der Waals surface area (Å²) in [7, 11) is 0. The molecule has 1 aliphatic rings. The first-order chi connectivity index (χ1) is 14.2. The number of para-hydroxylation sites is 1. The molecule has 30 heavy (non-hydrogen) atoms. The van der Waals surface area contributed by atoms with Crippen LogP contribution in [0.5, 0.6) is 0 Å². The molecular formula is C24H27N3OS2. The number of rotatable bonds is 4. The van der Waals surface area contributed by atoms with Gasteiger partial charge in [-0.1, -0.05) is 78.1 Å². The third-order valence-electron chi connectivity index (χ3n) is 5.90. The zero-order chi connectivity index (χ0) is 21.5. The molecule has 0 saturated carbocycles. The number of anilines is 1. The van der Waals surface area contributed by atoms with Gasteiger partial charge in [0.1, 0.15) is 5.01 Å². The maximum Gasteiger partial charge on any atom is 0.237 e. The highest BCUT2D eigenvalue weighted by atomic mass is 32.2. The third kappa shape index (κ3) is 3.79. The largest absolute Gasteiger partial charge is 0.306 e. The van der Waals surface area contributed by atoms with Gasteiger partial charge in [0.25, 0.3) is 0 Å². The minimum atomic E-state index is -0.317. The lowest BCUT2D eigenvalue weighted by Gasteiger charge is -2.51. The third-order valence-corrected chi connectivity index (χ3v) is 7.85. The van der Waals surface area contributed by atoms with Gasteiger partial charge in [0.05, 0.1) is 5.75 Å². The highest BCUT2D eigenvalue weighted by molar-refractivity contribution is 8.01. The zero-order valence-corrected chi connectivity index (χ0v) is 19.7. The predicted molar refractivity (Wildman–Crippen MR) is 126 cm³/mol. The molecule has 0 bridgehead atoms. The lowest BCUT2D eigenvalue weighted by molar-refractivity contribution is -0.117. The van der Waals surface area contributed by atoms with E-state index in [1.807, 2.05) is 17.9 Å². The van der Waals surface area contributed by atoms with Crippen molar-refractivity contribution in [1.82, 2.24) is 10.2 Å². The summed E-state index contributed by atoms with van der Waals surface area (Å²) in [6, 6.07) is 17.2. The Labute approximate surface area is 186 Å². The maximum atomic E-state index is 13.4. The molecule has 1 aliphatic heterocycles. The molecule has 0 N–H and O–H groups in total. The number of hydrogen-bond acceptors (Lipinski definition) is 5. The van der Waals surface area contributed by atoms with Crippen molar-refractivity contribution in [2.24, 2.45) is 0 Å². The molecule has 1 aromatic heterocycles. The molecule has 6 heteroatoms. The number of carbonyl (C=O) groups is 1. The van der Waals surface area contributed by atoms with E-state index in [0.717, 1.165) is 21.5 Å². The van der Waals surface area contributed by atoms with E-state index in [1.165, 1.54) is 39.8 Å². The molecule has 0 unspecified atom stereocenters. The standard InChI is InChI=1S/C24H27N3OS2/c1-16-10-12-18(13-11-16)24(5)15-23(3,4)27(20-9-7-6-8-19(20)24)21(28)14-29-22-26-25-17(2)30-22/h6-13H,14-15H2,1-5H3/t24-/m0/s1. The molecule has 0 saturated heterocycles. The maximum absolute atomic E-state index is 13.4. The van der Waals surface area contributed by atoms with Crippen LogP contribution in [0, 0.1) is 13.8 Å². The highest BCUT2D eigenvalue weighted by Crippen LogP contribution is 2.50. The van der Waals surface area contributed by atoms with Crippen molar-refractivity contribution >= 4 is 34.7 Å². The Morgan fingerprint density at radius 2 is 1.77 bits per heavy atom. The number of hydrogen-bond donors (Lipinski definition) is 0. The van der Waals surface area contributed by atoms with Crippen LogP contribution >= 0.6 is 23.1 Å². The Morgan fingerprint density at radius 3 is 2.43 bits per heavy atom. The molecule has 156 valence electrons. The summed E-state index contributed by atoms with van der Waals surface area (Å²) in [5.41, 5.74) is 4.29. The second-order valence-electron chi connectivity index (χ2n) is 8.81. The van der Waals surface area contributed by atoms with Crippen LogP contribution in [-0.2, 0) is 10.2 Å². The first kappa shape index (κ1) is 21.1. The molecule has 2 heterocycles. The quantitative estimate of drug-likeness (QED) is 0.486. The molecule has 3 aromatic rings. The summed E-state index contributed by atoms with van der Waals surface area (Å²) in [5.74, 6) is 0.462. The minimum Gasteiger partial charge on any atom is -0.306 e. The van der Waals surface area contributed by atoms with E-state index >= 15 is 0 Å². The van der Waals surface area contributed by atoms with Crippen molar-refractivity contribution in [2.45, 2.75) is 56.3 Å². The fraction of sp³-hybridized carbons (Fsp3) is 0.375. The Hall–Kier alpha value is -2.18. The summed E-state index contributed by atoms with van der Waals surface area (Å²) < 4.78 is 0.841. The van der Waals surface area contributed by atoms with E-state index in [1.54, 1.807) is 0 Å². The van der Waals surface area contributed by atoms with Crippen molar-refractivity contribution in [2.75, 3.05) is 10.7 Å². The number of benzene rings is 2. The monoisotopic (exact) mass is 437 g/mol. The average molecular weight is 438 g/mol. The van der Waals surface area contributed by atoms with Crippen LogP contribution in [0.1, 0.15) is 48.9 Å². The van der Waals surface area contributed by atoms with E-state index < -0.39 is 0 Å².